The number of fused-ring (bicyclic) bond motifs is 1. The number of hydrogen-bond donors (Lipinski definition) is 3. The van der Waals surface area contributed by atoms with Crippen molar-refractivity contribution >= 4 is 35.1 Å². The number of benzene rings is 3. The lowest BCUT2D eigenvalue weighted by Crippen LogP contribution is -2.46. The quantitative estimate of drug-likeness (QED) is 0.230. The Kier molecular flexibility index (Phi) is 11.5. The standard InChI is InChI=1S/C34H39ClN2O9/c1-34(2,20-38)19-37-26-13-10-22(35)16-25(26)31(24-6-5-7-27(43-3)32(24)44-4)46-28(33(37)42)17-29(39)36-15-14-21-8-11-23(12-9-21)45-18-30(40)41/h5-13,16,28,31,38H,14-15,17-20H2,1-4H3,(H,36,39)(H,40,41)/t28-,31-/m1/s1. The number of carboxylic acids is 1. The third kappa shape index (κ3) is 8.48. The Morgan fingerprint density at radius 1 is 1.04 bits per heavy atom. The van der Waals surface area contributed by atoms with Gasteiger partial charge in [-0.25, -0.2) is 4.79 Å². The van der Waals surface area contributed by atoms with Crippen LogP contribution >= 0.6 is 11.6 Å². The second-order valence-corrected chi connectivity index (χ2v) is 12.1. The lowest BCUT2D eigenvalue weighted by atomic mass is 9.92. The number of anilines is 1. The Balaban J connectivity index is 1.60. The highest BCUT2D eigenvalue weighted by molar-refractivity contribution is 6.30. The second-order valence-electron chi connectivity index (χ2n) is 11.7. The van der Waals surface area contributed by atoms with E-state index in [1.54, 1.807) is 59.5 Å². The third-order valence-electron chi connectivity index (χ3n) is 7.53. The number of ether oxygens (including phenoxy) is 4. The van der Waals surface area contributed by atoms with Gasteiger partial charge in [0.25, 0.3) is 5.91 Å². The molecule has 0 aromatic heterocycles. The van der Waals surface area contributed by atoms with Crippen LogP contribution in [0.4, 0.5) is 5.69 Å². The smallest absolute Gasteiger partial charge is 0.341 e. The molecule has 12 heteroatoms. The Morgan fingerprint density at radius 2 is 1.78 bits per heavy atom. The number of nitrogens with one attached hydrogen (secondary N) is 1. The molecule has 3 N–H and O–H groups in total. The minimum atomic E-state index is -1.19. The average molecular weight is 655 g/mol. The highest BCUT2D eigenvalue weighted by Crippen LogP contribution is 2.45. The maximum absolute atomic E-state index is 14.2. The van der Waals surface area contributed by atoms with E-state index in [0.717, 1.165) is 5.56 Å². The monoisotopic (exact) mass is 654 g/mol. The number of amides is 2. The molecule has 0 saturated carbocycles. The number of hydrogen-bond acceptors (Lipinski definition) is 8. The molecule has 11 nitrogen and oxygen atoms in total. The van der Waals surface area contributed by atoms with Crippen molar-refractivity contribution in [3.8, 4) is 17.2 Å². The molecule has 2 amide bonds. The van der Waals surface area contributed by atoms with Crippen molar-refractivity contribution < 1.29 is 43.5 Å². The summed E-state index contributed by atoms with van der Waals surface area (Å²) in [6.07, 6.45) is -1.81. The molecular weight excluding hydrogens is 616 g/mol. The molecule has 3 aromatic rings. The van der Waals surface area contributed by atoms with Crippen molar-refractivity contribution in [2.75, 3.05) is 45.4 Å². The molecule has 1 heterocycles. The van der Waals surface area contributed by atoms with Crippen LogP contribution in [0.1, 0.15) is 43.1 Å². The van der Waals surface area contributed by atoms with Crippen LogP contribution in [0.15, 0.2) is 60.7 Å². The van der Waals surface area contributed by atoms with E-state index in [9.17, 15) is 19.5 Å². The number of para-hydroxylation sites is 1. The molecular formula is C34H39ClN2O9. The van der Waals surface area contributed by atoms with Gasteiger partial charge in [0.05, 0.1) is 20.6 Å². The third-order valence-corrected chi connectivity index (χ3v) is 7.76. The molecule has 0 saturated heterocycles. The van der Waals surface area contributed by atoms with Gasteiger partial charge in [-0.1, -0.05) is 49.7 Å². The lowest BCUT2D eigenvalue weighted by molar-refractivity contribution is -0.139. The summed E-state index contributed by atoms with van der Waals surface area (Å²) in [6, 6.07) is 17.4. The minimum absolute atomic E-state index is 0.159. The van der Waals surface area contributed by atoms with E-state index in [1.807, 2.05) is 19.9 Å². The Hall–Kier alpha value is -4.32. The highest BCUT2D eigenvalue weighted by atomic mass is 35.5. The molecule has 2 atom stereocenters. The molecule has 1 aliphatic rings. The zero-order valence-corrected chi connectivity index (χ0v) is 27.0. The number of halogens is 1. The fourth-order valence-corrected chi connectivity index (χ4v) is 5.37. The van der Waals surface area contributed by atoms with Gasteiger partial charge in [-0.3, -0.25) is 9.59 Å². The number of carbonyl (C=O) groups is 3. The van der Waals surface area contributed by atoms with Crippen molar-refractivity contribution in [2.45, 2.75) is 38.9 Å². The lowest BCUT2D eigenvalue weighted by Gasteiger charge is -2.32. The fraction of sp³-hybridized carbons (Fsp3) is 0.382. The van der Waals surface area contributed by atoms with Gasteiger partial charge in [-0.05, 0) is 48.4 Å². The van der Waals surface area contributed by atoms with E-state index in [2.05, 4.69) is 5.32 Å². The molecule has 4 rings (SSSR count). The number of carbonyl (C=O) groups excluding carboxylic acids is 2. The van der Waals surface area contributed by atoms with Crippen molar-refractivity contribution in [3.05, 3.63) is 82.4 Å². The summed E-state index contributed by atoms with van der Waals surface area (Å²) in [6.45, 7) is 3.53. The number of rotatable bonds is 14. The van der Waals surface area contributed by atoms with E-state index >= 15 is 0 Å². The molecule has 0 spiro atoms. The van der Waals surface area contributed by atoms with E-state index < -0.39 is 36.1 Å². The van der Waals surface area contributed by atoms with Gasteiger partial charge in [-0.2, -0.15) is 0 Å². The number of aliphatic carboxylic acids is 1. The number of aliphatic hydroxyl groups excluding tert-OH is 1. The normalized spacial score (nSPS) is 16.3. The molecule has 0 aliphatic carbocycles. The summed E-state index contributed by atoms with van der Waals surface area (Å²) in [5, 5.41) is 22.2. The first-order valence-electron chi connectivity index (χ1n) is 14.7. The van der Waals surface area contributed by atoms with Crippen molar-refractivity contribution in [1.82, 2.24) is 5.32 Å². The van der Waals surface area contributed by atoms with Gasteiger partial charge in [0.2, 0.25) is 5.91 Å². The van der Waals surface area contributed by atoms with Crippen LogP contribution in [0.3, 0.4) is 0 Å². The van der Waals surface area contributed by atoms with Crippen LogP contribution in [0.2, 0.25) is 5.02 Å². The van der Waals surface area contributed by atoms with Gasteiger partial charge >= 0.3 is 5.97 Å². The minimum Gasteiger partial charge on any atom is -0.493 e. The molecule has 0 radical (unpaired) electrons. The molecule has 246 valence electrons. The van der Waals surface area contributed by atoms with Crippen LogP contribution in [0.25, 0.3) is 0 Å². The maximum atomic E-state index is 14.2. The summed E-state index contributed by atoms with van der Waals surface area (Å²) in [4.78, 5) is 39.7. The number of aliphatic hydroxyl groups is 1. The first-order valence-corrected chi connectivity index (χ1v) is 15.1. The van der Waals surface area contributed by atoms with E-state index in [-0.39, 0.29) is 25.5 Å². The average Bonchev–Trinajstić information content (AvgIpc) is 3.14. The van der Waals surface area contributed by atoms with Gasteiger partial charge in [0, 0.05) is 46.9 Å². The molecule has 0 unspecified atom stereocenters. The summed E-state index contributed by atoms with van der Waals surface area (Å²) < 4.78 is 22.9. The van der Waals surface area contributed by atoms with Crippen LogP contribution in [0, 0.1) is 5.41 Å². The zero-order valence-electron chi connectivity index (χ0n) is 26.2. The maximum Gasteiger partial charge on any atom is 0.341 e. The van der Waals surface area contributed by atoms with E-state index in [0.29, 0.717) is 52.1 Å². The number of nitrogens with zero attached hydrogens (tertiary/aromatic N) is 1. The van der Waals surface area contributed by atoms with Crippen molar-refractivity contribution in [3.63, 3.8) is 0 Å². The number of methoxy groups -OCH3 is 2. The second kappa shape index (κ2) is 15.3. The van der Waals surface area contributed by atoms with Gasteiger partial charge in [0.15, 0.2) is 18.1 Å². The van der Waals surface area contributed by atoms with Crippen LogP contribution < -0.4 is 24.4 Å². The highest BCUT2D eigenvalue weighted by Gasteiger charge is 2.40. The molecule has 0 fully saturated rings. The van der Waals surface area contributed by atoms with Gasteiger partial charge in [-0.15, -0.1) is 0 Å². The largest absolute Gasteiger partial charge is 0.493 e. The van der Waals surface area contributed by atoms with Crippen LogP contribution in [-0.2, 0) is 25.5 Å². The topological polar surface area (TPSA) is 144 Å². The predicted octanol–water partition coefficient (Wildman–Crippen LogP) is 4.41. The Morgan fingerprint density at radius 3 is 2.43 bits per heavy atom. The van der Waals surface area contributed by atoms with Crippen molar-refractivity contribution in [1.29, 1.82) is 0 Å². The van der Waals surface area contributed by atoms with E-state index in [4.69, 9.17) is 35.7 Å². The zero-order chi connectivity index (χ0) is 33.4. The Labute approximate surface area is 273 Å². The predicted molar refractivity (Wildman–Crippen MR) is 172 cm³/mol. The Bertz CT molecular complexity index is 1540. The first-order chi connectivity index (χ1) is 22.0. The summed E-state index contributed by atoms with van der Waals surface area (Å²) in [7, 11) is 3.04. The first kappa shape index (κ1) is 34.6. The number of carboxylic acid groups (broad SMARTS) is 1. The van der Waals surface area contributed by atoms with Gasteiger partial charge < -0.3 is 39.4 Å². The summed E-state index contributed by atoms with van der Waals surface area (Å²) in [5.41, 5.74) is 1.97. The van der Waals surface area contributed by atoms with E-state index in [1.165, 1.54) is 14.2 Å². The summed E-state index contributed by atoms with van der Waals surface area (Å²) in [5.74, 6) is -0.567. The SMILES string of the molecule is COc1cccc([C@H]2O[C@H](CC(=O)NCCc3ccc(OCC(=O)O)cc3)C(=O)N(CC(C)(C)CO)c3ccc(Cl)cc32)c1OC. The summed E-state index contributed by atoms with van der Waals surface area (Å²) >= 11 is 6.48. The molecule has 46 heavy (non-hydrogen) atoms. The molecule has 1 aliphatic heterocycles. The van der Waals surface area contributed by atoms with Crippen molar-refractivity contribution in [2.24, 2.45) is 5.41 Å². The van der Waals surface area contributed by atoms with Crippen LogP contribution in [0.5, 0.6) is 17.2 Å². The van der Waals surface area contributed by atoms with Gasteiger partial charge in [0.1, 0.15) is 18.0 Å². The molecule has 3 aromatic carbocycles. The fourth-order valence-electron chi connectivity index (χ4n) is 5.19. The van der Waals surface area contributed by atoms with Crippen LogP contribution in [-0.4, -0.2) is 74.6 Å². The molecule has 0 bridgehead atoms.